The molecule has 0 aliphatic heterocycles. The second-order valence-electron chi connectivity index (χ2n) is 21.0. The maximum absolute atomic E-state index is 13.1. The first-order valence-electron chi connectivity index (χ1n) is 18.5. The van der Waals surface area contributed by atoms with Gasteiger partial charge in [0.2, 0.25) is 0 Å². The molecule has 7 nitrogen and oxygen atoms in total. The molecule has 0 radical (unpaired) electrons. The van der Waals surface area contributed by atoms with Crippen LogP contribution in [0.1, 0.15) is 164 Å². The van der Waals surface area contributed by atoms with Crippen LogP contribution in [0.5, 0.6) is 0 Å². The Kier molecular flexibility index (Phi) is 16.5. The van der Waals surface area contributed by atoms with E-state index < -0.39 is 22.0 Å². The first kappa shape index (κ1) is 46.8. The van der Waals surface area contributed by atoms with Crippen LogP contribution in [0.3, 0.4) is 0 Å². The van der Waals surface area contributed by atoms with Crippen LogP contribution in [0.4, 0.5) is 0 Å². The molecule has 0 heterocycles. The molecule has 0 saturated heterocycles. The Morgan fingerprint density at radius 1 is 0.521 bits per heavy atom. The predicted octanol–water partition coefficient (Wildman–Crippen LogP) is 10.1. The van der Waals surface area contributed by atoms with E-state index in [9.17, 15) is 9.59 Å². The lowest BCUT2D eigenvalue weighted by atomic mass is 9.76. The molecule has 0 saturated carbocycles. The minimum absolute atomic E-state index is 0.0349. The Hall–Kier alpha value is -1.18. The first-order valence-corrected chi connectivity index (χ1v) is 18.5. The maximum Gasteiger partial charge on any atom is 0.312 e. The van der Waals surface area contributed by atoms with Gasteiger partial charge in [0.25, 0.3) is 0 Å². The van der Waals surface area contributed by atoms with Crippen molar-refractivity contribution in [3.8, 4) is 0 Å². The summed E-state index contributed by atoms with van der Waals surface area (Å²) in [7, 11) is 2.14. The number of nitrogens with zero attached hydrogens (tertiary/aromatic N) is 1. The molecule has 2 unspecified atom stereocenters. The van der Waals surface area contributed by atoms with E-state index in [2.05, 4.69) is 95.0 Å². The summed E-state index contributed by atoms with van der Waals surface area (Å²) in [5, 5.41) is 0. The van der Waals surface area contributed by atoms with Crippen LogP contribution >= 0.6 is 0 Å². The number of esters is 2. The van der Waals surface area contributed by atoms with E-state index in [4.69, 9.17) is 18.9 Å². The van der Waals surface area contributed by atoms with Crippen molar-refractivity contribution in [2.24, 2.45) is 33.5 Å². The summed E-state index contributed by atoms with van der Waals surface area (Å²) in [6, 6.07) is 0. The van der Waals surface area contributed by atoms with Crippen LogP contribution in [-0.4, -0.2) is 72.6 Å². The topological polar surface area (TPSA) is 74.3 Å². The number of hydrogen-bond acceptors (Lipinski definition) is 7. The number of rotatable bonds is 20. The lowest BCUT2D eigenvalue weighted by Crippen LogP contribution is -2.44. The van der Waals surface area contributed by atoms with Crippen molar-refractivity contribution >= 4 is 11.9 Å². The van der Waals surface area contributed by atoms with Crippen LogP contribution in [0.15, 0.2) is 0 Å². The van der Waals surface area contributed by atoms with Crippen molar-refractivity contribution < 1.29 is 28.5 Å². The molecular formula is C41H81NO6. The molecule has 0 fully saturated rings. The zero-order chi connectivity index (χ0) is 38.4. The Labute approximate surface area is 298 Å². The lowest BCUT2D eigenvalue weighted by molar-refractivity contribution is -0.178. The fraction of sp³-hybridized carbons (Fsp3) is 0.951. The van der Waals surface area contributed by atoms with Gasteiger partial charge in [-0.25, -0.2) is 0 Å². The van der Waals surface area contributed by atoms with Gasteiger partial charge >= 0.3 is 11.9 Å². The minimum Gasteiger partial charge on any atom is -0.459 e. The van der Waals surface area contributed by atoms with Crippen molar-refractivity contribution in [3.63, 3.8) is 0 Å². The van der Waals surface area contributed by atoms with E-state index in [1.54, 1.807) is 0 Å². The van der Waals surface area contributed by atoms with E-state index in [-0.39, 0.29) is 45.8 Å². The van der Waals surface area contributed by atoms with Crippen LogP contribution in [0, 0.1) is 33.5 Å². The highest BCUT2D eigenvalue weighted by Crippen LogP contribution is 2.38. The van der Waals surface area contributed by atoms with Gasteiger partial charge in [-0.3, -0.25) is 9.59 Å². The molecule has 286 valence electrons. The average Bonchev–Trinajstić information content (AvgIpc) is 2.84. The highest BCUT2D eigenvalue weighted by Gasteiger charge is 2.41. The Balaban J connectivity index is 4.86. The van der Waals surface area contributed by atoms with Crippen molar-refractivity contribution in [3.05, 3.63) is 0 Å². The van der Waals surface area contributed by atoms with E-state index in [1.165, 1.54) is 0 Å². The fourth-order valence-corrected chi connectivity index (χ4v) is 6.03. The number of hydrogen-bond donors (Lipinski definition) is 0. The average molecular weight is 684 g/mol. The molecule has 0 amide bonds. The Morgan fingerprint density at radius 2 is 0.792 bits per heavy atom. The van der Waals surface area contributed by atoms with Gasteiger partial charge in [-0.05, 0) is 127 Å². The van der Waals surface area contributed by atoms with Crippen LogP contribution in [-0.2, 0) is 28.5 Å². The van der Waals surface area contributed by atoms with Crippen molar-refractivity contribution in [2.75, 3.05) is 33.4 Å². The van der Waals surface area contributed by atoms with E-state index in [0.717, 1.165) is 38.8 Å². The molecule has 0 aromatic rings. The SMILES string of the molecule is CC(COC(C)(C)CCN(C)CCC(C)(C)OCC(C)C(C)(C)OC(=O)C(C)(C)CC(C)(C)C)C(C)(C)OC(=O)C(C)(C)CC(C)(C)C. The molecule has 2 atom stereocenters. The maximum atomic E-state index is 13.1. The van der Waals surface area contributed by atoms with Crippen LogP contribution < -0.4 is 0 Å². The summed E-state index contributed by atoms with van der Waals surface area (Å²) >= 11 is 0. The van der Waals surface area contributed by atoms with Gasteiger partial charge in [-0.1, -0.05) is 55.4 Å². The smallest absolute Gasteiger partial charge is 0.312 e. The molecule has 0 aromatic heterocycles. The minimum atomic E-state index is -0.637. The van der Waals surface area contributed by atoms with Gasteiger partial charge in [0.15, 0.2) is 0 Å². The zero-order valence-electron chi connectivity index (χ0n) is 35.7. The Morgan fingerprint density at radius 3 is 1.04 bits per heavy atom. The summed E-state index contributed by atoms with van der Waals surface area (Å²) in [5.41, 5.74) is -2.93. The van der Waals surface area contributed by atoms with Gasteiger partial charge in [0, 0.05) is 24.9 Å². The normalized spacial score (nSPS) is 15.8. The van der Waals surface area contributed by atoms with Gasteiger partial charge in [0.05, 0.1) is 35.2 Å². The second kappa shape index (κ2) is 16.9. The van der Waals surface area contributed by atoms with Crippen molar-refractivity contribution in [1.29, 1.82) is 0 Å². The standard InChI is InChI=1S/C41H81NO6/c1-30(40(17,18)47-32(43)36(9,10)28-34(3,4)5)26-45-38(13,14)22-24-42(21)25-23-39(15,16)46-27-31(2)41(19,20)48-33(44)37(11,12)29-35(6,7)8/h30-31H,22-29H2,1-21H3. The summed E-state index contributed by atoms with van der Waals surface area (Å²) in [6.45, 7) is 44.3. The molecule has 7 heteroatoms. The molecule has 0 rings (SSSR count). The van der Waals surface area contributed by atoms with E-state index in [1.807, 2.05) is 55.4 Å². The quantitative estimate of drug-likeness (QED) is 0.118. The first-order chi connectivity index (χ1) is 21.0. The van der Waals surface area contributed by atoms with Gasteiger partial charge in [0.1, 0.15) is 11.2 Å². The molecule has 0 N–H and O–H groups in total. The fourth-order valence-electron chi connectivity index (χ4n) is 6.03. The molecular weight excluding hydrogens is 602 g/mol. The van der Waals surface area contributed by atoms with Crippen LogP contribution in [0.25, 0.3) is 0 Å². The zero-order valence-corrected chi connectivity index (χ0v) is 35.7. The monoisotopic (exact) mass is 684 g/mol. The van der Waals surface area contributed by atoms with Gasteiger partial charge < -0.3 is 23.8 Å². The molecule has 0 aliphatic carbocycles. The molecule has 48 heavy (non-hydrogen) atoms. The number of ether oxygens (including phenoxy) is 4. The molecule has 0 aliphatic rings. The third-order valence-corrected chi connectivity index (χ3v) is 9.77. The third kappa shape index (κ3) is 18.2. The highest BCUT2D eigenvalue weighted by atomic mass is 16.6. The van der Waals surface area contributed by atoms with Crippen molar-refractivity contribution in [1.82, 2.24) is 4.90 Å². The van der Waals surface area contributed by atoms with Gasteiger partial charge in [-0.2, -0.15) is 0 Å². The lowest BCUT2D eigenvalue weighted by Gasteiger charge is -2.38. The largest absolute Gasteiger partial charge is 0.459 e. The van der Waals surface area contributed by atoms with E-state index >= 15 is 0 Å². The summed E-state index contributed by atoms with van der Waals surface area (Å²) in [4.78, 5) is 28.5. The van der Waals surface area contributed by atoms with E-state index in [0.29, 0.717) is 13.2 Å². The molecule has 0 aromatic carbocycles. The van der Waals surface area contributed by atoms with Crippen LogP contribution in [0.2, 0.25) is 0 Å². The predicted molar refractivity (Wildman–Crippen MR) is 201 cm³/mol. The number of carbonyl (C=O) groups is 2. The summed E-state index contributed by atoms with van der Waals surface area (Å²) in [6.07, 6.45) is 3.26. The highest BCUT2D eigenvalue weighted by molar-refractivity contribution is 5.77. The summed E-state index contributed by atoms with van der Waals surface area (Å²) in [5.74, 6) is -0.237. The third-order valence-electron chi connectivity index (χ3n) is 9.77. The molecule has 0 spiro atoms. The number of carbonyl (C=O) groups excluding carboxylic acids is 2. The Bertz CT molecular complexity index is 929. The second-order valence-corrected chi connectivity index (χ2v) is 21.0. The van der Waals surface area contributed by atoms with Crippen molar-refractivity contribution in [2.45, 2.75) is 187 Å². The van der Waals surface area contributed by atoms with Gasteiger partial charge in [-0.15, -0.1) is 0 Å². The summed E-state index contributed by atoms with van der Waals surface area (Å²) < 4.78 is 25.0. The molecule has 0 bridgehead atoms.